The van der Waals surface area contributed by atoms with Crippen LogP contribution in [0.4, 0.5) is 0 Å². The van der Waals surface area contributed by atoms with Crippen LogP contribution in [-0.4, -0.2) is 69.9 Å². The fourth-order valence-corrected chi connectivity index (χ4v) is 3.12. The minimum atomic E-state index is -2.96. The van der Waals surface area contributed by atoms with E-state index < -0.39 is 9.84 Å². The van der Waals surface area contributed by atoms with E-state index in [1.165, 1.54) is 6.26 Å². The Morgan fingerprint density at radius 2 is 1.72 bits per heavy atom. The maximum absolute atomic E-state index is 12.0. The SMILES string of the molecule is CCNC(=NCC(C)(C)CCS(C)(=O)=O)NCCC(=O)N(CC)CC. The van der Waals surface area contributed by atoms with Crippen molar-refractivity contribution in [1.82, 2.24) is 15.5 Å². The van der Waals surface area contributed by atoms with Crippen molar-refractivity contribution in [1.29, 1.82) is 0 Å². The summed E-state index contributed by atoms with van der Waals surface area (Å²) in [5, 5.41) is 6.33. The molecule has 0 aliphatic heterocycles. The number of nitrogens with zero attached hydrogens (tertiary/aromatic N) is 2. The first kappa shape index (κ1) is 23.7. The standard InChI is InChI=1S/C17H36N4O3S/c1-7-18-16(19-12-10-15(22)21(8-2)9-3)20-14-17(4,5)11-13-25(6,23)24/h7-14H2,1-6H3,(H2,18,19,20). The van der Waals surface area contributed by atoms with Crippen LogP contribution in [0.3, 0.4) is 0 Å². The summed E-state index contributed by atoms with van der Waals surface area (Å²) in [6, 6.07) is 0. The minimum absolute atomic E-state index is 0.127. The van der Waals surface area contributed by atoms with E-state index in [9.17, 15) is 13.2 Å². The van der Waals surface area contributed by atoms with E-state index >= 15 is 0 Å². The van der Waals surface area contributed by atoms with Gasteiger partial charge in [-0.25, -0.2) is 8.42 Å². The van der Waals surface area contributed by atoms with Crippen LogP contribution < -0.4 is 10.6 Å². The van der Waals surface area contributed by atoms with Gasteiger partial charge in [0.15, 0.2) is 5.96 Å². The molecule has 0 atom stereocenters. The summed E-state index contributed by atoms with van der Waals surface area (Å²) in [5.41, 5.74) is -0.206. The first-order valence-electron chi connectivity index (χ1n) is 9.02. The molecule has 0 aromatic rings. The largest absolute Gasteiger partial charge is 0.357 e. The van der Waals surface area contributed by atoms with Crippen LogP contribution >= 0.6 is 0 Å². The van der Waals surface area contributed by atoms with Crippen molar-refractivity contribution in [2.45, 2.75) is 47.5 Å². The molecule has 0 aliphatic rings. The number of guanidine groups is 1. The number of aliphatic imine (C=N–C) groups is 1. The number of carbonyl (C=O) groups is 1. The van der Waals surface area contributed by atoms with Crippen molar-refractivity contribution < 1.29 is 13.2 Å². The summed E-state index contributed by atoms with van der Waals surface area (Å²) >= 11 is 0. The maximum atomic E-state index is 12.0. The van der Waals surface area contributed by atoms with Crippen molar-refractivity contribution in [3.8, 4) is 0 Å². The molecule has 7 nitrogen and oxygen atoms in total. The van der Waals surface area contributed by atoms with Crippen LogP contribution in [0.15, 0.2) is 4.99 Å². The quantitative estimate of drug-likeness (QED) is 0.418. The summed E-state index contributed by atoms with van der Waals surface area (Å²) in [6.07, 6.45) is 2.24. The van der Waals surface area contributed by atoms with Crippen LogP contribution in [0.2, 0.25) is 0 Å². The fourth-order valence-electron chi connectivity index (χ4n) is 2.20. The number of sulfone groups is 1. The molecule has 0 unspecified atom stereocenters. The Hall–Kier alpha value is -1.31. The Morgan fingerprint density at radius 1 is 1.12 bits per heavy atom. The molecule has 0 bridgehead atoms. The third-order valence-electron chi connectivity index (χ3n) is 3.91. The molecule has 0 aliphatic carbocycles. The van der Waals surface area contributed by atoms with Crippen LogP contribution in [-0.2, 0) is 14.6 Å². The van der Waals surface area contributed by atoms with E-state index in [1.54, 1.807) is 4.90 Å². The number of carbonyl (C=O) groups excluding carboxylic acids is 1. The molecule has 0 radical (unpaired) electrons. The maximum Gasteiger partial charge on any atom is 0.224 e. The highest BCUT2D eigenvalue weighted by atomic mass is 32.2. The average molecular weight is 377 g/mol. The minimum Gasteiger partial charge on any atom is -0.357 e. The highest BCUT2D eigenvalue weighted by Gasteiger charge is 2.20. The van der Waals surface area contributed by atoms with Crippen molar-refractivity contribution >= 4 is 21.7 Å². The zero-order valence-electron chi connectivity index (χ0n) is 16.7. The molecule has 2 N–H and O–H groups in total. The number of hydrogen-bond donors (Lipinski definition) is 2. The number of rotatable bonds is 11. The lowest BCUT2D eigenvalue weighted by Gasteiger charge is -2.23. The van der Waals surface area contributed by atoms with E-state index in [4.69, 9.17) is 0 Å². The van der Waals surface area contributed by atoms with E-state index in [-0.39, 0.29) is 17.1 Å². The normalized spacial score (nSPS) is 12.8. The second-order valence-corrected chi connectivity index (χ2v) is 9.24. The van der Waals surface area contributed by atoms with Gasteiger partial charge in [-0.15, -0.1) is 0 Å². The van der Waals surface area contributed by atoms with E-state index in [1.807, 2.05) is 34.6 Å². The first-order valence-corrected chi connectivity index (χ1v) is 11.1. The molecular weight excluding hydrogens is 340 g/mol. The molecule has 0 spiro atoms. The molecule has 0 saturated carbocycles. The third-order valence-corrected chi connectivity index (χ3v) is 4.85. The fraction of sp³-hybridized carbons (Fsp3) is 0.882. The molecule has 0 rings (SSSR count). The highest BCUT2D eigenvalue weighted by Crippen LogP contribution is 2.21. The number of hydrogen-bond acceptors (Lipinski definition) is 4. The number of amides is 1. The van der Waals surface area contributed by atoms with Gasteiger partial charge in [-0.2, -0.15) is 0 Å². The summed E-state index contributed by atoms with van der Waals surface area (Å²) < 4.78 is 22.7. The Labute approximate surface area is 153 Å². The lowest BCUT2D eigenvalue weighted by atomic mass is 9.90. The molecule has 0 heterocycles. The van der Waals surface area contributed by atoms with Gasteiger partial charge in [0, 0.05) is 45.4 Å². The molecule has 148 valence electrons. The number of nitrogens with one attached hydrogen (secondary N) is 2. The monoisotopic (exact) mass is 376 g/mol. The van der Waals surface area contributed by atoms with Crippen LogP contribution in [0.1, 0.15) is 47.5 Å². The Balaban J connectivity index is 4.56. The van der Waals surface area contributed by atoms with Crippen molar-refractivity contribution in [2.24, 2.45) is 10.4 Å². The van der Waals surface area contributed by atoms with Gasteiger partial charge in [-0.05, 0) is 32.6 Å². The van der Waals surface area contributed by atoms with Crippen molar-refractivity contribution in [2.75, 3.05) is 44.7 Å². The van der Waals surface area contributed by atoms with Gasteiger partial charge in [0.2, 0.25) is 5.91 Å². The lowest BCUT2D eigenvalue weighted by molar-refractivity contribution is -0.130. The van der Waals surface area contributed by atoms with Crippen LogP contribution in [0.5, 0.6) is 0 Å². The Morgan fingerprint density at radius 3 is 2.20 bits per heavy atom. The van der Waals surface area contributed by atoms with E-state index in [2.05, 4.69) is 15.6 Å². The zero-order valence-corrected chi connectivity index (χ0v) is 17.5. The third kappa shape index (κ3) is 11.8. The second-order valence-electron chi connectivity index (χ2n) is 6.98. The molecular formula is C17H36N4O3S. The molecule has 8 heteroatoms. The molecule has 1 amide bonds. The molecule has 0 aromatic carbocycles. The Kier molecular flexibility index (Phi) is 10.7. The van der Waals surface area contributed by atoms with Gasteiger partial charge in [0.1, 0.15) is 9.84 Å². The van der Waals surface area contributed by atoms with E-state index in [0.717, 1.165) is 19.6 Å². The van der Waals surface area contributed by atoms with Crippen LogP contribution in [0.25, 0.3) is 0 Å². The molecule has 0 aromatic heterocycles. The van der Waals surface area contributed by atoms with Gasteiger partial charge >= 0.3 is 0 Å². The topological polar surface area (TPSA) is 90.9 Å². The second kappa shape index (κ2) is 11.3. The average Bonchev–Trinajstić information content (AvgIpc) is 2.51. The lowest BCUT2D eigenvalue weighted by Crippen LogP contribution is -2.40. The summed E-state index contributed by atoms with van der Waals surface area (Å²) in [6.45, 7) is 13.1. The smallest absolute Gasteiger partial charge is 0.224 e. The predicted octanol–water partition coefficient (Wildman–Crippen LogP) is 1.26. The van der Waals surface area contributed by atoms with Gasteiger partial charge in [-0.1, -0.05) is 13.8 Å². The summed E-state index contributed by atoms with van der Waals surface area (Å²) in [5.74, 6) is 0.946. The molecule has 0 saturated heterocycles. The van der Waals surface area contributed by atoms with Gasteiger partial charge in [0.05, 0.1) is 5.75 Å². The summed E-state index contributed by atoms with van der Waals surface area (Å²) in [4.78, 5) is 18.4. The van der Waals surface area contributed by atoms with Crippen LogP contribution in [0, 0.1) is 5.41 Å². The van der Waals surface area contributed by atoms with E-state index in [0.29, 0.717) is 31.9 Å². The summed E-state index contributed by atoms with van der Waals surface area (Å²) in [7, 11) is -2.96. The zero-order chi connectivity index (χ0) is 19.5. The Bertz CT molecular complexity index is 526. The predicted molar refractivity (Wildman–Crippen MR) is 105 cm³/mol. The molecule has 0 fully saturated rings. The van der Waals surface area contributed by atoms with Gasteiger partial charge in [0.25, 0.3) is 0 Å². The van der Waals surface area contributed by atoms with Gasteiger partial charge in [-0.3, -0.25) is 9.79 Å². The molecule has 25 heavy (non-hydrogen) atoms. The first-order chi connectivity index (χ1) is 11.5. The van der Waals surface area contributed by atoms with Crippen molar-refractivity contribution in [3.63, 3.8) is 0 Å². The van der Waals surface area contributed by atoms with Gasteiger partial charge < -0.3 is 15.5 Å². The van der Waals surface area contributed by atoms with Crippen molar-refractivity contribution in [3.05, 3.63) is 0 Å². The highest BCUT2D eigenvalue weighted by molar-refractivity contribution is 7.90.